The van der Waals surface area contributed by atoms with Gasteiger partial charge in [-0.1, -0.05) is 13.3 Å². The summed E-state index contributed by atoms with van der Waals surface area (Å²) in [6.45, 7) is 2.02. The van der Waals surface area contributed by atoms with Gasteiger partial charge in [-0.25, -0.2) is 8.78 Å². The summed E-state index contributed by atoms with van der Waals surface area (Å²) in [6.07, 6.45) is 1.81. The molecule has 0 amide bonds. The Bertz CT molecular complexity index is 398. The van der Waals surface area contributed by atoms with E-state index in [1.165, 1.54) is 0 Å². The Hall–Kier alpha value is -0.810. The van der Waals surface area contributed by atoms with Crippen molar-refractivity contribution in [3.63, 3.8) is 0 Å². The Kier molecular flexibility index (Phi) is 5.71. The standard InChI is InChI=1S/C12H17F2NOS/c1-3-4-10(15-2)8-17(16)12-7-9(13)5-6-11(12)14/h5-7,10,15H,3-4,8H2,1-2H3. The second-order valence-electron chi connectivity index (χ2n) is 3.86. The number of rotatable bonds is 6. The predicted octanol–water partition coefficient (Wildman–Crippen LogP) is 2.46. The van der Waals surface area contributed by atoms with Gasteiger partial charge in [-0.3, -0.25) is 4.21 Å². The summed E-state index contributed by atoms with van der Waals surface area (Å²) in [7, 11) is 0.263. The van der Waals surface area contributed by atoms with Crippen LogP contribution >= 0.6 is 0 Å². The molecular weight excluding hydrogens is 244 g/mol. The van der Waals surface area contributed by atoms with Gasteiger partial charge >= 0.3 is 0 Å². The van der Waals surface area contributed by atoms with E-state index in [-0.39, 0.29) is 10.9 Å². The highest BCUT2D eigenvalue weighted by Gasteiger charge is 2.15. The summed E-state index contributed by atoms with van der Waals surface area (Å²) in [6, 6.07) is 3.10. The fourth-order valence-electron chi connectivity index (χ4n) is 1.58. The Balaban J connectivity index is 2.78. The average molecular weight is 261 g/mol. The Labute approximate surface area is 103 Å². The van der Waals surface area contributed by atoms with Gasteiger partial charge in [0.05, 0.1) is 15.7 Å². The van der Waals surface area contributed by atoms with E-state index in [4.69, 9.17) is 0 Å². The topological polar surface area (TPSA) is 29.1 Å². The second-order valence-corrected chi connectivity index (χ2v) is 5.33. The molecule has 0 aliphatic heterocycles. The van der Waals surface area contributed by atoms with Crippen LogP contribution in [0.5, 0.6) is 0 Å². The number of nitrogens with one attached hydrogen (secondary N) is 1. The van der Waals surface area contributed by atoms with Crippen LogP contribution in [0.1, 0.15) is 19.8 Å². The van der Waals surface area contributed by atoms with E-state index in [1.54, 1.807) is 7.05 Å². The molecule has 1 N–H and O–H groups in total. The number of hydrogen-bond acceptors (Lipinski definition) is 2. The van der Waals surface area contributed by atoms with Crippen molar-refractivity contribution >= 4 is 10.8 Å². The van der Waals surface area contributed by atoms with Gasteiger partial charge < -0.3 is 5.32 Å². The third-order valence-electron chi connectivity index (χ3n) is 2.54. The maximum absolute atomic E-state index is 13.4. The molecule has 1 aromatic rings. The monoisotopic (exact) mass is 261 g/mol. The van der Waals surface area contributed by atoms with Gasteiger partial charge in [0.2, 0.25) is 0 Å². The van der Waals surface area contributed by atoms with Crippen LogP contribution in [-0.4, -0.2) is 23.1 Å². The first-order chi connectivity index (χ1) is 8.08. The van der Waals surface area contributed by atoms with Gasteiger partial charge in [0.15, 0.2) is 0 Å². The van der Waals surface area contributed by atoms with E-state index in [1.807, 2.05) is 6.92 Å². The first-order valence-electron chi connectivity index (χ1n) is 5.59. The van der Waals surface area contributed by atoms with Crippen LogP contribution in [-0.2, 0) is 10.8 Å². The number of halogens is 2. The Morgan fingerprint density at radius 1 is 1.41 bits per heavy atom. The zero-order chi connectivity index (χ0) is 12.8. The molecule has 0 fully saturated rings. The number of hydrogen-bond donors (Lipinski definition) is 1. The van der Waals surface area contributed by atoms with Crippen molar-refractivity contribution in [2.24, 2.45) is 0 Å². The van der Waals surface area contributed by atoms with Crippen LogP contribution in [0.15, 0.2) is 23.1 Å². The van der Waals surface area contributed by atoms with Crippen LogP contribution < -0.4 is 5.32 Å². The summed E-state index contributed by atoms with van der Waals surface area (Å²) in [5.74, 6) is -0.882. The van der Waals surface area contributed by atoms with Crippen molar-refractivity contribution in [1.82, 2.24) is 5.32 Å². The fraction of sp³-hybridized carbons (Fsp3) is 0.500. The van der Waals surface area contributed by atoms with E-state index in [0.29, 0.717) is 5.75 Å². The summed E-state index contributed by atoms with van der Waals surface area (Å²) < 4.78 is 38.3. The molecular formula is C12H17F2NOS. The minimum Gasteiger partial charge on any atom is -0.316 e. The van der Waals surface area contributed by atoms with Crippen molar-refractivity contribution < 1.29 is 13.0 Å². The van der Waals surface area contributed by atoms with Crippen LogP contribution in [0.25, 0.3) is 0 Å². The normalized spacial score (nSPS) is 14.6. The largest absolute Gasteiger partial charge is 0.316 e. The fourth-order valence-corrected chi connectivity index (χ4v) is 2.99. The molecule has 0 aromatic heterocycles. The Morgan fingerprint density at radius 3 is 2.71 bits per heavy atom. The van der Waals surface area contributed by atoms with Crippen molar-refractivity contribution in [1.29, 1.82) is 0 Å². The van der Waals surface area contributed by atoms with E-state index < -0.39 is 22.4 Å². The van der Waals surface area contributed by atoms with Crippen molar-refractivity contribution in [3.8, 4) is 0 Å². The van der Waals surface area contributed by atoms with Crippen LogP contribution in [0, 0.1) is 11.6 Å². The number of benzene rings is 1. The van der Waals surface area contributed by atoms with Crippen molar-refractivity contribution in [2.45, 2.75) is 30.7 Å². The van der Waals surface area contributed by atoms with Crippen molar-refractivity contribution in [2.75, 3.05) is 12.8 Å². The minimum absolute atomic E-state index is 0.0543. The maximum atomic E-state index is 13.4. The molecule has 0 saturated carbocycles. The molecule has 0 aliphatic carbocycles. The van der Waals surface area contributed by atoms with E-state index >= 15 is 0 Å². The van der Waals surface area contributed by atoms with Gasteiger partial charge in [0.1, 0.15) is 11.6 Å². The minimum atomic E-state index is -1.51. The molecule has 0 spiro atoms. The smallest absolute Gasteiger partial charge is 0.139 e. The lowest BCUT2D eigenvalue weighted by molar-refractivity contribution is 0.550. The summed E-state index contributed by atoms with van der Waals surface area (Å²) in [5.41, 5.74) is 0. The third-order valence-corrected chi connectivity index (χ3v) is 4.05. The van der Waals surface area contributed by atoms with E-state index in [0.717, 1.165) is 31.0 Å². The summed E-state index contributed by atoms with van der Waals surface area (Å²) in [5, 5.41) is 3.03. The average Bonchev–Trinajstić information content (AvgIpc) is 2.31. The van der Waals surface area contributed by atoms with Crippen LogP contribution in [0.3, 0.4) is 0 Å². The molecule has 5 heteroatoms. The molecule has 1 aromatic carbocycles. The molecule has 0 saturated heterocycles. The van der Waals surface area contributed by atoms with Crippen LogP contribution in [0.4, 0.5) is 8.78 Å². The quantitative estimate of drug-likeness (QED) is 0.852. The molecule has 1 rings (SSSR count). The zero-order valence-corrected chi connectivity index (χ0v) is 10.8. The van der Waals surface area contributed by atoms with Gasteiger partial charge in [0.25, 0.3) is 0 Å². The highest BCUT2D eigenvalue weighted by molar-refractivity contribution is 7.85. The zero-order valence-electron chi connectivity index (χ0n) is 10.0. The van der Waals surface area contributed by atoms with E-state index in [2.05, 4.69) is 5.32 Å². The molecule has 96 valence electrons. The highest BCUT2D eigenvalue weighted by Crippen LogP contribution is 2.15. The highest BCUT2D eigenvalue weighted by atomic mass is 32.2. The molecule has 2 nitrogen and oxygen atoms in total. The summed E-state index contributed by atoms with van der Waals surface area (Å²) in [4.78, 5) is -0.0543. The molecule has 2 atom stereocenters. The molecule has 17 heavy (non-hydrogen) atoms. The van der Waals surface area contributed by atoms with Gasteiger partial charge in [-0.2, -0.15) is 0 Å². The SMILES string of the molecule is CCCC(CS(=O)c1cc(F)ccc1F)NC. The Morgan fingerprint density at radius 2 is 2.12 bits per heavy atom. The first-order valence-corrected chi connectivity index (χ1v) is 6.91. The van der Waals surface area contributed by atoms with Gasteiger partial charge in [0, 0.05) is 11.8 Å². The van der Waals surface area contributed by atoms with Crippen LogP contribution in [0.2, 0.25) is 0 Å². The molecule has 2 unspecified atom stereocenters. The molecule has 0 radical (unpaired) electrons. The molecule has 0 aliphatic rings. The van der Waals surface area contributed by atoms with E-state index in [9.17, 15) is 13.0 Å². The predicted molar refractivity (Wildman–Crippen MR) is 65.4 cm³/mol. The lowest BCUT2D eigenvalue weighted by Crippen LogP contribution is -2.31. The maximum Gasteiger partial charge on any atom is 0.139 e. The lowest BCUT2D eigenvalue weighted by atomic mass is 10.2. The second kappa shape index (κ2) is 6.81. The van der Waals surface area contributed by atoms with Gasteiger partial charge in [-0.05, 0) is 31.7 Å². The van der Waals surface area contributed by atoms with Gasteiger partial charge in [-0.15, -0.1) is 0 Å². The van der Waals surface area contributed by atoms with Crippen molar-refractivity contribution in [3.05, 3.63) is 29.8 Å². The molecule has 0 heterocycles. The first kappa shape index (κ1) is 14.3. The molecule has 0 bridgehead atoms. The third kappa shape index (κ3) is 4.16. The lowest BCUT2D eigenvalue weighted by Gasteiger charge is -2.14. The summed E-state index contributed by atoms with van der Waals surface area (Å²) >= 11 is 0.